The summed E-state index contributed by atoms with van der Waals surface area (Å²) in [5.41, 5.74) is 0.906. The Morgan fingerprint density at radius 2 is 2.00 bits per heavy atom. The third kappa shape index (κ3) is 2.49. The van der Waals surface area contributed by atoms with Crippen LogP contribution in [0.15, 0.2) is 36.7 Å². The fourth-order valence-electron chi connectivity index (χ4n) is 1.10. The first kappa shape index (κ1) is 9.58. The molecule has 3 nitrogen and oxygen atoms in total. The van der Waals surface area contributed by atoms with Crippen molar-refractivity contribution in [3.63, 3.8) is 0 Å². The van der Waals surface area contributed by atoms with Crippen molar-refractivity contribution in [3.05, 3.63) is 48.3 Å². The molecule has 0 unspecified atom stereocenters. The van der Waals surface area contributed by atoms with Gasteiger partial charge in [-0.05, 0) is 25.1 Å². The zero-order valence-electron chi connectivity index (χ0n) is 8.14. The van der Waals surface area contributed by atoms with Crippen LogP contribution in [0.1, 0.15) is 5.69 Å². The summed E-state index contributed by atoms with van der Waals surface area (Å²) in [6.45, 7) is 1.88. The van der Waals surface area contributed by atoms with Gasteiger partial charge in [0.05, 0.1) is 6.20 Å². The second kappa shape index (κ2) is 4.04. The zero-order chi connectivity index (χ0) is 10.7. The van der Waals surface area contributed by atoms with Crippen molar-refractivity contribution >= 4 is 0 Å². The summed E-state index contributed by atoms with van der Waals surface area (Å²) in [5, 5.41) is 0. The van der Waals surface area contributed by atoms with Gasteiger partial charge in [0, 0.05) is 18.0 Å². The van der Waals surface area contributed by atoms with E-state index in [0.717, 1.165) is 5.69 Å². The maximum atomic E-state index is 12.7. The molecule has 0 saturated carbocycles. The summed E-state index contributed by atoms with van der Waals surface area (Å²) in [6, 6.07) is 6.41. The van der Waals surface area contributed by atoms with Crippen LogP contribution < -0.4 is 4.74 Å². The Hall–Kier alpha value is -1.97. The predicted molar refractivity (Wildman–Crippen MR) is 53.2 cm³/mol. The summed E-state index contributed by atoms with van der Waals surface area (Å²) in [5.74, 6) is 0.423. The largest absolute Gasteiger partial charge is 0.456 e. The highest BCUT2D eigenvalue weighted by atomic mass is 19.1. The Labute approximate surface area is 86.6 Å². The molecule has 0 radical (unpaired) electrons. The molecule has 0 fully saturated rings. The van der Waals surface area contributed by atoms with Gasteiger partial charge in [-0.2, -0.15) is 4.39 Å². The Bertz CT molecular complexity index is 456. The highest BCUT2D eigenvalue weighted by molar-refractivity contribution is 5.28. The standard InChI is InChI=1S/C11H9FN2O/c1-8-2-3-10(7-14-8)15-9-4-5-13-11(12)6-9/h2-7H,1H3. The lowest BCUT2D eigenvalue weighted by atomic mass is 10.4. The molecule has 2 aromatic rings. The van der Waals surface area contributed by atoms with Crippen molar-refractivity contribution in [1.82, 2.24) is 9.97 Å². The Morgan fingerprint density at radius 1 is 1.13 bits per heavy atom. The van der Waals surface area contributed by atoms with Gasteiger partial charge in [0.25, 0.3) is 0 Å². The molecule has 4 heteroatoms. The number of aryl methyl sites for hydroxylation is 1. The molecule has 2 aromatic heterocycles. The van der Waals surface area contributed by atoms with Gasteiger partial charge >= 0.3 is 0 Å². The van der Waals surface area contributed by atoms with E-state index in [4.69, 9.17) is 4.74 Å². The van der Waals surface area contributed by atoms with Crippen LogP contribution >= 0.6 is 0 Å². The van der Waals surface area contributed by atoms with E-state index in [1.54, 1.807) is 18.3 Å². The van der Waals surface area contributed by atoms with Crippen LogP contribution in [0.4, 0.5) is 4.39 Å². The lowest BCUT2D eigenvalue weighted by Crippen LogP contribution is -1.88. The van der Waals surface area contributed by atoms with Crippen molar-refractivity contribution in [2.24, 2.45) is 0 Å². The van der Waals surface area contributed by atoms with Crippen molar-refractivity contribution in [1.29, 1.82) is 0 Å². The molecule has 0 bridgehead atoms. The van der Waals surface area contributed by atoms with E-state index < -0.39 is 5.95 Å². The zero-order valence-corrected chi connectivity index (χ0v) is 8.14. The number of hydrogen-bond acceptors (Lipinski definition) is 3. The van der Waals surface area contributed by atoms with Gasteiger partial charge in [-0.3, -0.25) is 4.98 Å². The number of hydrogen-bond donors (Lipinski definition) is 0. The Morgan fingerprint density at radius 3 is 2.67 bits per heavy atom. The van der Waals surface area contributed by atoms with Gasteiger partial charge in [0.2, 0.25) is 5.95 Å². The minimum absolute atomic E-state index is 0.410. The van der Waals surface area contributed by atoms with Crippen molar-refractivity contribution in [2.75, 3.05) is 0 Å². The number of nitrogens with zero attached hydrogens (tertiary/aromatic N) is 2. The normalized spacial score (nSPS) is 10.0. The molecule has 2 rings (SSSR count). The maximum Gasteiger partial charge on any atom is 0.216 e. The third-order valence-corrected chi connectivity index (χ3v) is 1.82. The Kier molecular flexibility index (Phi) is 2.58. The minimum atomic E-state index is -0.562. The first-order valence-corrected chi connectivity index (χ1v) is 4.46. The summed E-state index contributed by atoms with van der Waals surface area (Å²) in [4.78, 5) is 7.50. The van der Waals surface area contributed by atoms with Crippen LogP contribution in [0, 0.1) is 12.9 Å². The maximum absolute atomic E-state index is 12.7. The molecular weight excluding hydrogens is 195 g/mol. The molecule has 0 atom stereocenters. The van der Waals surface area contributed by atoms with Crippen LogP contribution in [-0.2, 0) is 0 Å². The molecule has 0 spiro atoms. The van der Waals surface area contributed by atoms with E-state index in [2.05, 4.69) is 9.97 Å². The first-order valence-electron chi connectivity index (χ1n) is 4.46. The molecule has 0 amide bonds. The smallest absolute Gasteiger partial charge is 0.216 e. The lowest BCUT2D eigenvalue weighted by Gasteiger charge is -2.04. The molecule has 2 heterocycles. The number of pyridine rings is 2. The molecule has 0 aromatic carbocycles. The summed E-state index contributed by atoms with van der Waals surface area (Å²) < 4.78 is 18.1. The van der Waals surface area contributed by atoms with Gasteiger partial charge in [-0.25, -0.2) is 4.98 Å². The van der Waals surface area contributed by atoms with Crippen molar-refractivity contribution < 1.29 is 9.13 Å². The molecule has 76 valence electrons. The molecule has 15 heavy (non-hydrogen) atoms. The number of ether oxygens (including phenoxy) is 1. The van der Waals surface area contributed by atoms with Crippen LogP contribution in [0.3, 0.4) is 0 Å². The van der Waals surface area contributed by atoms with E-state index in [-0.39, 0.29) is 0 Å². The highest BCUT2D eigenvalue weighted by Crippen LogP contribution is 2.19. The van der Waals surface area contributed by atoms with E-state index >= 15 is 0 Å². The highest BCUT2D eigenvalue weighted by Gasteiger charge is 1.99. The van der Waals surface area contributed by atoms with E-state index in [9.17, 15) is 4.39 Å². The van der Waals surface area contributed by atoms with E-state index in [1.807, 2.05) is 13.0 Å². The molecule has 0 aliphatic carbocycles. The number of rotatable bonds is 2. The van der Waals surface area contributed by atoms with Gasteiger partial charge in [0.15, 0.2) is 0 Å². The van der Waals surface area contributed by atoms with Gasteiger partial charge < -0.3 is 4.74 Å². The predicted octanol–water partition coefficient (Wildman–Crippen LogP) is 2.72. The van der Waals surface area contributed by atoms with Crippen LogP contribution in [0.2, 0.25) is 0 Å². The number of aromatic nitrogens is 2. The first-order chi connectivity index (χ1) is 7.24. The topological polar surface area (TPSA) is 35.0 Å². The van der Waals surface area contributed by atoms with Crippen LogP contribution in [-0.4, -0.2) is 9.97 Å². The molecule has 0 aliphatic heterocycles. The van der Waals surface area contributed by atoms with Crippen LogP contribution in [0.25, 0.3) is 0 Å². The van der Waals surface area contributed by atoms with Gasteiger partial charge in [-0.15, -0.1) is 0 Å². The molecular formula is C11H9FN2O. The van der Waals surface area contributed by atoms with E-state index in [0.29, 0.717) is 11.5 Å². The van der Waals surface area contributed by atoms with E-state index in [1.165, 1.54) is 12.3 Å². The SMILES string of the molecule is Cc1ccc(Oc2ccnc(F)c2)cn1. The van der Waals surface area contributed by atoms with Gasteiger partial charge in [-0.1, -0.05) is 0 Å². The minimum Gasteiger partial charge on any atom is -0.456 e. The Balaban J connectivity index is 2.18. The fraction of sp³-hybridized carbons (Fsp3) is 0.0909. The second-order valence-electron chi connectivity index (χ2n) is 3.05. The number of halogens is 1. The van der Waals surface area contributed by atoms with Crippen LogP contribution in [0.5, 0.6) is 11.5 Å². The average molecular weight is 204 g/mol. The summed E-state index contributed by atoms with van der Waals surface area (Å²) >= 11 is 0. The molecule has 0 saturated heterocycles. The quantitative estimate of drug-likeness (QED) is 0.705. The lowest BCUT2D eigenvalue weighted by molar-refractivity contribution is 0.469. The third-order valence-electron chi connectivity index (χ3n) is 1.82. The second-order valence-corrected chi connectivity index (χ2v) is 3.05. The van der Waals surface area contributed by atoms with Crippen molar-refractivity contribution in [2.45, 2.75) is 6.92 Å². The summed E-state index contributed by atoms with van der Waals surface area (Å²) in [7, 11) is 0. The fourth-order valence-corrected chi connectivity index (χ4v) is 1.10. The monoisotopic (exact) mass is 204 g/mol. The van der Waals surface area contributed by atoms with Gasteiger partial charge in [0.1, 0.15) is 11.5 Å². The average Bonchev–Trinajstić information content (AvgIpc) is 2.22. The summed E-state index contributed by atoms with van der Waals surface area (Å²) in [6.07, 6.45) is 2.94. The van der Waals surface area contributed by atoms with Crippen molar-refractivity contribution in [3.8, 4) is 11.5 Å². The molecule has 0 N–H and O–H groups in total. The molecule has 0 aliphatic rings.